The zero-order chi connectivity index (χ0) is 15.1. The van der Waals surface area contributed by atoms with Crippen molar-refractivity contribution in [1.29, 1.82) is 0 Å². The van der Waals surface area contributed by atoms with E-state index in [2.05, 4.69) is 34.5 Å². The molecule has 2 rings (SSSR count). The summed E-state index contributed by atoms with van der Waals surface area (Å²) in [6, 6.07) is 0. The van der Waals surface area contributed by atoms with Gasteiger partial charge in [0.1, 0.15) is 5.01 Å². The monoisotopic (exact) mass is 310 g/mol. The second-order valence-electron chi connectivity index (χ2n) is 5.39. The molecule has 0 saturated heterocycles. The summed E-state index contributed by atoms with van der Waals surface area (Å²) in [6.45, 7) is 10.1. The van der Waals surface area contributed by atoms with Crippen molar-refractivity contribution in [3.63, 3.8) is 0 Å². The number of thiazole rings is 1. The summed E-state index contributed by atoms with van der Waals surface area (Å²) in [5, 5.41) is 7.61. The van der Waals surface area contributed by atoms with Gasteiger partial charge in [0.05, 0.1) is 18.8 Å². The lowest BCUT2D eigenvalue weighted by Crippen LogP contribution is -2.39. The van der Waals surface area contributed by atoms with E-state index in [1.54, 1.807) is 11.3 Å². The summed E-state index contributed by atoms with van der Waals surface area (Å²) in [7, 11) is 0. The molecule has 0 aromatic carbocycles. The van der Waals surface area contributed by atoms with Gasteiger partial charge in [-0.25, -0.2) is 9.98 Å². The average Bonchev–Trinajstić information content (AvgIpc) is 3.22. The molecule has 0 aliphatic heterocycles. The van der Waals surface area contributed by atoms with Gasteiger partial charge in [0, 0.05) is 24.6 Å². The first-order valence-electron chi connectivity index (χ1n) is 7.72. The fraction of sp³-hybridized carbons (Fsp3) is 0.733. The van der Waals surface area contributed by atoms with Gasteiger partial charge in [0.25, 0.3) is 0 Å². The Hall–Kier alpha value is -1.14. The topological polar surface area (TPSA) is 58.5 Å². The van der Waals surface area contributed by atoms with E-state index in [9.17, 15) is 0 Å². The van der Waals surface area contributed by atoms with Gasteiger partial charge in [-0.2, -0.15) is 0 Å². The molecule has 2 N–H and O–H groups in total. The predicted octanol–water partition coefficient (Wildman–Crippen LogP) is 2.24. The van der Waals surface area contributed by atoms with Crippen LogP contribution >= 0.6 is 11.3 Å². The molecule has 0 unspecified atom stereocenters. The van der Waals surface area contributed by atoms with E-state index in [0.29, 0.717) is 6.54 Å². The number of ether oxygens (including phenoxy) is 1. The van der Waals surface area contributed by atoms with Crippen molar-refractivity contribution in [1.82, 2.24) is 15.6 Å². The smallest absolute Gasteiger partial charge is 0.191 e. The van der Waals surface area contributed by atoms with E-state index < -0.39 is 0 Å². The maximum atomic E-state index is 5.61. The third kappa shape index (κ3) is 6.01. The molecule has 1 aliphatic carbocycles. The summed E-state index contributed by atoms with van der Waals surface area (Å²) >= 11 is 1.72. The van der Waals surface area contributed by atoms with Gasteiger partial charge in [-0.1, -0.05) is 0 Å². The first-order valence-corrected chi connectivity index (χ1v) is 8.53. The molecule has 0 amide bonds. The number of hydrogen-bond donors (Lipinski definition) is 2. The highest BCUT2D eigenvalue weighted by Crippen LogP contribution is 2.28. The van der Waals surface area contributed by atoms with Crippen LogP contribution in [0.4, 0.5) is 0 Å². The molecule has 6 heteroatoms. The number of hydrogen-bond acceptors (Lipinski definition) is 4. The summed E-state index contributed by atoms with van der Waals surface area (Å²) in [6.07, 6.45) is 2.67. The Bertz CT molecular complexity index is 449. The highest BCUT2D eigenvalue weighted by Gasteiger charge is 2.20. The molecule has 0 bridgehead atoms. The maximum Gasteiger partial charge on any atom is 0.191 e. The highest BCUT2D eigenvalue weighted by atomic mass is 32.1. The molecule has 0 radical (unpaired) electrons. The lowest BCUT2D eigenvalue weighted by molar-refractivity contribution is 0.129. The third-order valence-corrected chi connectivity index (χ3v) is 4.44. The first-order chi connectivity index (χ1) is 10.2. The van der Waals surface area contributed by atoms with Gasteiger partial charge in [-0.15, -0.1) is 11.3 Å². The van der Waals surface area contributed by atoms with E-state index in [1.165, 1.54) is 17.7 Å². The Kier molecular flexibility index (Phi) is 6.45. The van der Waals surface area contributed by atoms with E-state index in [-0.39, 0.29) is 0 Å². The number of aromatic nitrogens is 1. The van der Waals surface area contributed by atoms with Gasteiger partial charge in [-0.3, -0.25) is 0 Å². The van der Waals surface area contributed by atoms with Crippen LogP contribution in [-0.4, -0.2) is 37.2 Å². The van der Waals surface area contributed by atoms with Crippen molar-refractivity contribution in [3.05, 3.63) is 15.6 Å². The molecular formula is C15H26N4OS. The van der Waals surface area contributed by atoms with Gasteiger partial charge in [0.15, 0.2) is 5.96 Å². The molecule has 1 aliphatic rings. The fourth-order valence-electron chi connectivity index (χ4n) is 1.87. The molecule has 0 atom stereocenters. The Labute approximate surface area is 131 Å². The molecule has 21 heavy (non-hydrogen) atoms. The molecule has 1 aromatic rings. The molecule has 1 heterocycles. The van der Waals surface area contributed by atoms with Crippen LogP contribution in [0.5, 0.6) is 0 Å². The van der Waals surface area contributed by atoms with Crippen molar-refractivity contribution in [2.24, 2.45) is 10.9 Å². The first kappa shape index (κ1) is 16.2. The molecule has 1 fully saturated rings. The second-order valence-corrected chi connectivity index (χ2v) is 6.68. The zero-order valence-corrected chi connectivity index (χ0v) is 14.1. The molecule has 5 nitrogen and oxygen atoms in total. The Morgan fingerprint density at radius 2 is 2.19 bits per heavy atom. The number of guanidine groups is 1. The predicted molar refractivity (Wildman–Crippen MR) is 87.9 cm³/mol. The maximum absolute atomic E-state index is 5.61. The van der Waals surface area contributed by atoms with Crippen LogP contribution < -0.4 is 10.6 Å². The van der Waals surface area contributed by atoms with E-state index in [0.717, 1.165) is 48.9 Å². The highest BCUT2D eigenvalue weighted by molar-refractivity contribution is 7.11. The van der Waals surface area contributed by atoms with Gasteiger partial charge in [-0.05, 0) is 39.5 Å². The summed E-state index contributed by atoms with van der Waals surface area (Å²) in [4.78, 5) is 10.3. The molecule has 118 valence electrons. The van der Waals surface area contributed by atoms with Gasteiger partial charge < -0.3 is 15.4 Å². The van der Waals surface area contributed by atoms with Gasteiger partial charge >= 0.3 is 0 Å². The number of nitrogens with one attached hydrogen (secondary N) is 2. The van der Waals surface area contributed by atoms with Crippen LogP contribution in [0.3, 0.4) is 0 Å². The zero-order valence-electron chi connectivity index (χ0n) is 13.2. The minimum atomic E-state index is 0.623. The minimum Gasteiger partial charge on any atom is -0.379 e. The van der Waals surface area contributed by atoms with Crippen molar-refractivity contribution >= 4 is 17.3 Å². The Balaban J connectivity index is 1.72. The summed E-state index contributed by atoms with van der Waals surface area (Å²) in [5.74, 6) is 1.65. The van der Waals surface area contributed by atoms with Crippen molar-refractivity contribution in [2.75, 3.05) is 26.3 Å². The number of rotatable bonds is 8. The largest absolute Gasteiger partial charge is 0.379 e. The van der Waals surface area contributed by atoms with E-state index in [4.69, 9.17) is 4.74 Å². The second kappa shape index (κ2) is 8.34. The average molecular weight is 310 g/mol. The fourth-order valence-corrected chi connectivity index (χ4v) is 2.73. The normalized spacial score (nSPS) is 15.3. The summed E-state index contributed by atoms with van der Waals surface area (Å²) in [5.41, 5.74) is 1.11. The number of aliphatic imine (C=N–C) groups is 1. The standard InChI is InChI=1S/C15H26N4OS/c1-4-16-15(17-7-8-20-10-13-5-6-13)18-9-14-19-11(2)12(3)21-14/h13H,4-10H2,1-3H3,(H2,16,17,18). The van der Waals surface area contributed by atoms with Crippen molar-refractivity contribution in [2.45, 2.75) is 40.2 Å². The Morgan fingerprint density at radius 1 is 1.38 bits per heavy atom. The van der Waals surface area contributed by atoms with Crippen LogP contribution in [0.1, 0.15) is 35.3 Å². The lowest BCUT2D eigenvalue weighted by atomic mass is 10.4. The molecule has 1 saturated carbocycles. The number of nitrogens with zero attached hydrogens (tertiary/aromatic N) is 2. The van der Waals surface area contributed by atoms with E-state index >= 15 is 0 Å². The van der Waals surface area contributed by atoms with Crippen LogP contribution in [0, 0.1) is 19.8 Å². The summed E-state index contributed by atoms with van der Waals surface area (Å²) < 4.78 is 5.61. The lowest BCUT2D eigenvalue weighted by Gasteiger charge is -2.11. The number of aryl methyl sites for hydroxylation is 2. The van der Waals surface area contributed by atoms with Crippen LogP contribution in [0.2, 0.25) is 0 Å². The third-order valence-electron chi connectivity index (χ3n) is 3.38. The SMILES string of the molecule is CCNC(=NCc1nc(C)c(C)s1)NCCOCC1CC1. The van der Waals surface area contributed by atoms with Crippen LogP contribution in [0.15, 0.2) is 4.99 Å². The van der Waals surface area contributed by atoms with Crippen LogP contribution in [0.25, 0.3) is 0 Å². The van der Waals surface area contributed by atoms with E-state index in [1.807, 2.05) is 6.92 Å². The van der Waals surface area contributed by atoms with Crippen LogP contribution in [-0.2, 0) is 11.3 Å². The Morgan fingerprint density at radius 3 is 2.81 bits per heavy atom. The van der Waals surface area contributed by atoms with Crippen molar-refractivity contribution < 1.29 is 4.74 Å². The van der Waals surface area contributed by atoms with Gasteiger partial charge in [0.2, 0.25) is 0 Å². The van der Waals surface area contributed by atoms with Crippen molar-refractivity contribution in [3.8, 4) is 0 Å². The molecule has 0 spiro atoms. The quantitative estimate of drug-likeness (QED) is 0.439. The minimum absolute atomic E-state index is 0.623. The molecular weight excluding hydrogens is 284 g/mol. The molecule has 1 aromatic heterocycles.